The molecule has 1 fully saturated rings. The van der Waals surface area contributed by atoms with Gasteiger partial charge in [0.05, 0.1) is 6.61 Å². The quantitative estimate of drug-likeness (QED) is 0.816. The van der Waals surface area contributed by atoms with E-state index in [1.807, 2.05) is 0 Å². The van der Waals surface area contributed by atoms with Crippen LogP contribution in [0.5, 0.6) is 0 Å². The van der Waals surface area contributed by atoms with Crippen LogP contribution in [0.3, 0.4) is 0 Å². The van der Waals surface area contributed by atoms with Crippen LogP contribution < -0.4 is 5.73 Å². The van der Waals surface area contributed by atoms with Crippen LogP contribution in [0.2, 0.25) is 0 Å². The maximum Gasteiger partial charge on any atom is 0.0535 e. The van der Waals surface area contributed by atoms with Crippen molar-refractivity contribution in [1.29, 1.82) is 0 Å². The molecule has 1 unspecified atom stereocenters. The Hall–Kier alpha value is -0.860. The van der Waals surface area contributed by atoms with Crippen LogP contribution in [0.4, 0.5) is 0 Å². The van der Waals surface area contributed by atoms with Crippen molar-refractivity contribution < 1.29 is 4.74 Å². The van der Waals surface area contributed by atoms with Crippen LogP contribution in [0.15, 0.2) is 24.3 Å². The SMILES string of the molecule is NCCCc1cccc(C2CCOC2)c1. The van der Waals surface area contributed by atoms with E-state index in [1.165, 1.54) is 17.5 Å². The van der Waals surface area contributed by atoms with Crippen molar-refractivity contribution >= 4 is 0 Å². The second kappa shape index (κ2) is 5.29. The van der Waals surface area contributed by atoms with Crippen LogP contribution >= 0.6 is 0 Å². The highest BCUT2D eigenvalue weighted by molar-refractivity contribution is 5.27. The van der Waals surface area contributed by atoms with Gasteiger partial charge in [-0.1, -0.05) is 24.3 Å². The summed E-state index contributed by atoms with van der Waals surface area (Å²) in [4.78, 5) is 0. The third-order valence-corrected chi connectivity index (χ3v) is 3.02. The predicted octanol–water partition coefficient (Wildman–Crippen LogP) is 2.08. The molecule has 0 saturated carbocycles. The molecule has 1 heterocycles. The Labute approximate surface area is 91.4 Å². The fraction of sp³-hybridized carbons (Fsp3) is 0.538. The van der Waals surface area contributed by atoms with Gasteiger partial charge in [-0.05, 0) is 36.9 Å². The summed E-state index contributed by atoms with van der Waals surface area (Å²) in [6.45, 7) is 2.58. The van der Waals surface area contributed by atoms with Crippen molar-refractivity contribution in [3.05, 3.63) is 35.4 Å². The van der Waals surface area contributed by atoms with Gasteiger partial charge in [-0.2, -0.15) is 0 Å². The van der Waals surface area contributed by atoms with Gasteiger partial charge >= 0.3 is 0 Å². The van der Waals surface area contributed by atoms with E-state index >= 15 is 0 Å². The van der Waals surface area contributed by atoms with Gasteiger partial charge in [0.2, 0.25) is 0 Å². The highest BCUT2D eigenvalue weighted by Crippen LogP contribution is 2.25. The van der Waals surface area contributed by atoms with Crippen molar-refractivity contribution in [1.82, 2.24) is 0 Å². The minimum Gasteiger partial charge on any atom is -0.381 e. The molecule has 1 saturated heterocycles. The Morgan fingerprint density at radius 2 is 2.33 bits per heavy atom. The van der Waals surface area contributed by atoms with Gasteiger partial charge in [0.15, 0.2) is 0 Å². The van der Waals surface area contributed by atoms with Gasteiger partial charge in [-0.3, -0.25) is 0 Å². The average molecular weight is 205 g/mol. The molecule has 15 heavy (non-hydrogen) atoms. The number of nitrogens with two attached hydrogens (primary N) is 1. The Morgan fingerprint density at radius 1 is 1.40 bits per heavy atom. The summed E-state index contributed by atoms with van der Waals surface area (Å²) in [5, 5.41) is 0. The molecule has 0 amide bonds. The molecule has 2 nitrogen and oxygen atoms in total. The first-order chi connectivity index (χ1) is 7.40. The smallest absolute Gasteiger partial charge is 0.0535 e. The van der Waals surface area contributed by atoms with E-state index < -0.39 is 0 Å². The first kappa shape index (κ1) is 10.7. The zero-order valence-electron chi connectivity index (χ0n) is 9.11. The molecule has 2 N–H and O–H groups in total. The molecule has 0 radical (unpaired) electrons. The first-order valence-electron chi connectivity index (χ1n) is 5.77. The summed E-state index contributed by atoms with van der Waals surface area (Å²) in [7, 11) is 0. The van der Waals surface area contributed by atoms with Crippen molar-refractivity contribution in [2.75, 3.05) is 19.8 Å². The lowest BCUT2D eigenvalue weighted by Crippen LogP contribution is -2.02. The molecular weight excluding hydrogens is 186 g/mol. The lowest BCUT2D eigenvalue weighted by atomic mass is 9.95. The standard InChI is InChI=1S/C13H19NO/c14-7-2-4-11-3-1-5-12(9-11)13-6-8-15-10-13/h1,3,5,9,13H,2,4,6-8,10,14H2. The van der Waals surface area contributed by atoms with Gasteiger partial charge in [0.25, 0.3) is 0 Å². The van der Waals surface area contributed by atoms with Gasteiger partial charge in [0, 0.05) is 12.5 Å². The molecule has 82 valence electrons. The maximum atomic E-state index is 5.52. The summed E-state index contributed by atoms with van der Waals surface area (Å²) in [6.07, 6.45) is 3.34. The van der Waals surface area contributed by atoms with Crippen molar-refractivity contribution in [3.8, 4) is 0 Å². The van der Waals surface area contributed by atoms with Crippen molar-refractivity contribution in [2.45, 2.75) is 25.2 Å². The molecule has 1 atom stereocenters. The van der Waals surface area contributed by atoms with Crippen LogP contribution in [0, 0.1) is 0 Å². The molecule has 2 heteroatoms. The summed E-state index contributed by atoms with van der Waals surface area (Å²) in [6, 6.07) is 8.87. The van der Waals surface area contributed by atoms with Crippen LogP contribution in [0.25, 0.3) is 0 Å². The third-order valence-electron chi connectivity index (χ3n) is 3.02. The Morgan fingerprint density at radius 3 is 3.07 bits per heavy atom. The van der Waals surface area contributed by atoms with E-state index in [2.05, 4.69) is 24.3 Å². The second-order valence-electron chi connectivity index (χ2n) is 4.20. The average Bonchev–Trinajstić information content (AvgIpc) is 2.80. The molecule has 1 aliphatic heterocycles. The summed E-state index contributed by atoms with van der Waals surface area (Å²) in [5.74, 6) is 0.614. The fourth-order valence-corrected chi connectivity index (χ4v) is 2.11. The topological polar surface area (TPSA) is 35.2 Å². The number of rotatable bonds is 4. The van der Waals surface area contributed by atoms with E-state index in [4.69, 9.17) is 10.5 Å². The van der Waals surface area contributed by atoms with Crippen molar-refractivity contribution in [2.24, 2.45) is 5.73 Å². The number of aryl methyl sites for hydroxylation is 1. The predicted molar refractivity (Wildman–Crippen MR) is 62.0 cm³/mol. The maximum absolute atomic E-state index is 5.52. The number of hydrogen-bond acceptors (Lipinski definition) is 2. The van der Waals surface area contributed by atoms with Crippen molar-refractivity contribution in [3.63, 3.8) is 0 Å². The van der Waals surface area contributed by atoms with Gasteiger partial charge in [-0.25, -0.2) is 0 Å². The summed E-state index contributed by atoms with van der Waals surface area (Å²) < 4.78 is 5.41. The molecule has 0 spiro atoms. The number of ether oxygens (including phenoxy) is 1. The fourth-order valence-electron chi connectivity index (χ4n) is 2.11. The molecule has 0 aromatic heterocycles. The Kier molecular flexibility index (Phi) is 3.75. The lowest BCUT2D eigenvalue weighted by Gasteiger charge is -2.09. The molecule has 0 bridgehead atoms. The van der Waals surface area contributed by atoms with Crippen LogP contribution in [0.1, 0.15) is 29.9 Å². The van der Waals surface area contributed by atoms with E-state index in [1.54, 1.807) is 0 Å². The molecule has 1 aromatic rings. The van der Waals surface area contributed by atoms with Crippen LogP contribution in [-0.4, -0.2) is 19.8 Å². The Balaban J connectivity index is 2.04. The van der Waals surface area contributed by atoms with E-state index in [9.17, 15) is 0 Å². The second-order valence-corrected chi connectivity index (χ2v) is 4.20. The van der Waals surface area contributed by atoms with E-state index in [0.29, 0.717) is 5.92 Å². The molecule has 2 rings (SSSR count). The Bertz CT molecular complexity index is 305. The molecule has 1 aliphatic rings. The molecule has 0 aliphatic carbocycles. The highest BCUT2D eigenvalue weighted by atomic mass is 16.5. The largest absolute Gasteiger partial charge is 0.381 e. The molecular formula is C13H19NO. The number of hydrogen-bond donors (Lipinski definition) is 1. The number of benzene rings is 1. The summed E-state index contributed by atoms with van der Waals surface area (Å²) in [5.41, 5.74) is 8.36. The normalized spacial score (nSPS) is 20.7. The van der Waals surface area contributed by atoms with Crippen LogP contribution in [-0.2, 0) is 11.2 Å². The molecule has 1 aromatic carbocycles. The first-order valence-corrected chi connectivity index (χ1v) is 5.77. The summed E-state index contributed by atoms with van der Waals surface area (Å²) >= 11 is 0. The van der Waals surface area contributed by atoms with Gasteiger partial charge < -0.3 is 10.5 Å². The minimum absolute atomic E-state index is 0.614. The highest BCUT2D eigenvalue weighted by Gasteiger charge is 2.17. The van der Waals surface area contributed by atoms with Gasteiger partial charge in [-0.15, -0.1) is 0 Å². The lowest BCUT2D eigenvalue weighted by molar-refractivity contribution is 0.194. The minimum atomic E-state index is 0.614. The monoisotopic (exact) mass is 205 g/mol. The zero-order chi connectivity index (χ0) is 10.5. The van der Waals surface area contributed by atoms with E-state index in [-0.39, 0.29) is 0 Å². The third kappa shape index (κ3) is 2.80. The van der Waals surface area contributed by atoms with E-state index in [0.717, 1.165) is 32.6 Å². The van der Waals surface area contributed by atoms with Gasteiger partial charge in [0.1, 0.15) is 0 Å². The zero-order valence-corrected chi connectivity index (χ0v) is 9.11.